The molecule has 0 radical (unpaired) electrons. The smallest absolute Gasteiger partial charge is 0.252 e. The number of carbonyl (C=O) groups is 2. The Balaban J connectivity index is 1.74. The van der Waals surface area contributed by atoms with Gasteiger partial charge in [0.25, 0.3) is 5.91 Å². The number of hydrogen-bond acceptors (Lipinski definition) is 4. The Hall–Kier alpha value is -3.00. The molecule has 4 rings (SSSR count). The van der Waals surface area contributed by atoms with Gasteiger partial charge in [-0.25, -0.2) is 13.3 Å². The SMILES string of the molecule is Cc1ccc(CN(C2CC(=O)N(c3ccc(C)cc3)C2=O)S(=O)(=O)c2ccc(Cl)cc2)cc1. The molecule has 3 aromatic rings. The lowest BCUT2D eigenvalue weighted by Gasteiger charge is -2.27. The number of nitrogens with zero attached hydrogens (tertiary/aromatic N) is 2. The number of benzene rings is 3. The highest BCUT2D eigenvalue weighted by molar-refractivity contribution is 7.89. The molecule has 0 saturated carbocycles. The van der Waals surface area contributed by atoms with Crippen molar-refractivity contribution in [2.45, 2.75) is 37.8 Å². The summed E-state index contributed by atoms with van der Waals surface area (Å²) in [7, 11) is -4.10. The second-order valence-corrected chi connectivity index (χ2v) is 10.4. The summed E-state index contributed by atoms with van der Waals surface area (Å²) in [6.07, 6.45) is -0.231. The van der Waals surface area contributed by atoms with Crippen molar-refractivity contribution >= 4 is 39.1 Å². The van der Waals surface area contributed by atoms with Crippen molar-refractivity contribution in [3.63, 3.8) is 0 Å². The largest absolute Gasteiger partial charge is 0.274 e. The molecule has 0 bridgehead atoms. The number of amides is 2. The van der Waals surface area contributed by atoms with Crippen LogP contribution in [0.5, 0.6) is 0 Å². The molecule has 2 amide bonds. The third-order valence-electron chi connectivity index (χ3n) is 5.64. The van der Waals surface area contributed by atoms with Gasteiger partial charge in [0.1, 0.15) is 6.04 Å². The number of imide groups is 1. The average molecular weight is 483 g/mol. The summed E-state index contributed by atoms with van der Waals surface area (Å²) in [5.41, 5.74) is 3.16. The van der Waals surface area contributed by atoms with Crippen molar-refractivity contribution in [2.75, 3.05) is 4.90 Å². The summed E-state index contributed by atoms with van der Waals surface area (Å²) in [6, 6.07) is 19.0. The summed E-state index contributed by atoms with van der Waals surface area (Å²) in [5.74, 6) is -0.998. The zero-order chi connectivity index (χ0) is 23.8. The van der Waals surface area contributed by atoms with Crippen molar-refractivity contribution in [2.24, 2.45) is 0 Å². The van der Waals surface area contributed by atoms with Gasteiger partial charge in [-0.1, -0.05) is 59.1 Å². The molecule has 170 valence electrons. The summed E-state index contributed by atoms with van der Waals surface area (Å²) >= 11 is 5.94. The predicted molar refractivity (Wildman–Crippen MR) is 127 cm³/mol. The van der Waals surface area contributed by atoms with Crippen LogP contribution in [0.1, 0.15) is 23.1 Å². The zero-order valence-corrected chi connectivity index (χ0v) is 19.8. The van der Waals surface area contributed by atoms with Gasteiger partial charge in [0, 0.05) is 11.6 Å². The van der Waals surface area contributed by atoms with Crippen LogP contribution in [-0.4, -0.2) is 30.6 Å². The molecule has 0 N–H and O–H groups in total. The maximum atomic E-state index is 13.6. The predicted octanol–water partition coefficient (Wildman–Crippen LogP) is 4.48. The van der Waals surface area contributed by atoms with Crippen molar-refractivity contribution in [1.29, 1.82) is 0 Å². The molecular formula is C25H23ClN2O4S. The fourth-order valence-corrected chi connectivity index (χ4v) is 5.48. The van der Waals surface area contributed by atoms with E-state index < -0.39 is 27.9 Å². The van der Waals surface area contributed by atoms with Crippen LogP contribution in [0, 0.1) is 13.8 Å². The van der Waals surface area contributed by atoms with Crippen LogP contribution >= 0.6 is 11.6 Å². The molecule has 1 aliphatic rings. The minimum absolute atomic E-state index is 0.00745. The molecule has 0 spiro atoms. The maximum Gasteiger partial charge on any atom is 0.252 e. The quantitative estimate of drug-likeness (QED) is 0.485. The standard InChI is InChI=1S/C25H23ClN2O4S/c1-17-3-7-19(8-4-17)16-27(33(31,32)22-13-9-20(26)10-14-22)23-15-24(29)28(25(23)30)21-11-5-18(2)6-12-21/h3-14,23H,15-16H2,1-2H3. The fraction of sp³-hybridized carbons (Fsp3) is 0.200. The van der Waals surface area contributed by atoms with Crippen LogP contribution in [0.4, 0.5) is 5.69 Å². The first-order chi connectivity index (χ1) is 15.7. The van der Waals surface area contributed by atoms with Gasteiger partial charge < -0.3 is 0 Å². The Kier molecular flexibility index (Phi) is 6.38. The molecule has 1 saturated heterocycles. The maximum absolute atomic E-state index is 13.6. The van der Waals surface area contributed by atoms with Crippen molar-refractivity contribution in [1.82, 2.24) is 4.31 Å². The number of sulfonamides is 1. The van der Waals surface area contributed by atoms with E-state index >= 15 is 0 Å². The molecule has 6 nitrogen and oxygen atoms in total. The minimum Gasteiger partial charge on any atom is -0.274 e. The molecule has 0 aromatic heterocycles. The molecule has 8 heteroatoms. The highest BCUT2D eigenvalue weighted by Crippen LogP contribution is 2.31. The Labute approximate surface area is 198 Å². The van der Waals surface area contributed by atoms with Gasteiger partial charge in [-0.15, -0.1) is 0 Å². The minimum atomic E-state index is -4.10. The Morgan fingerprint density at radius 2 is 1.42 bits per heavy atom. The zero-order valence-electron chi connectivity index (χ0n) is 18.2. The van der Waals surface area contributed by atoms with E-state index in [9.17, 15) is 18.0 Å². The van der Waals surface area contributed by atoms with Crippen molar-refractivity contribution in [3.05, 3.63) is 94.5 Å². The molecule has 33 heavy (non-hydrogen) atoms. The highest BCUT2D eigenvalue weighted by Gasteiger charge is 2.47. The number of hydrogen-bond donors (Lipinski definition) is 0. The van der Waals surface area contributed by atoms with E-state index in [1.807, 2.05) is 38.1 Å². The topological polar surface area (TPSA) is 74.8 Å². The van der Waals surface area contributed by atoms with Crippen LogP contribution in [0.3, 0.4) is 0 Å². The molecule has 1 unspecified atom stereocenters. The van der Waals surface area contributed by atoms with Crippen LogP contribution in [0.2, 0.25) is 5.02 Å². The number of aryl methyl sites for hydroxylation is 2. The second-order valence-electron chi connectivity index (χ2n) is 8.11. The number of rotatable bonds is 6. The molecule has 1 fully saturated rings. The number of halogens is 1. The second kappa shape index (κ2) is 9.09. The van der Waals surface area contributed by atoms with E-state index in [-0.39, 0.29) is 17.9 Å². The highest BCUT2D eigenvalue weighted by atomic mass is 35.5. The monoisotopic (exact) mass is 482 g/mol. The van der Waals surface area contributed by atoms with Gasteiger partial charge in [-0.3, -0.25) is 9.59 Å². The first-order valence-electron chi connectivity index (χ1n) is 10.4. The van der Waals surface area contributed by atoms with E-state index in [1.54, 1.807) is 24.3 Å². The molecular weight excluding hydrogens is 460 g/mol. The van der Waals surface area contributed by atoms with Crippen LogP contribution in [-0.2, 0) is 26.2 Å². The van der Waals surface area contributed by atoms with Crippen molar-refractivity contribution < 1.29 is 18.0 Å². The van der Waals surface area contributed by atoms with E-state index in [1.165, 1.54) is 24.3 Å². The van der Waals surface area contributed by atoms with Gasteiger partial charge in [0.2, 0.25) is 15.9 Å². The summed E-state index contributed by atoms with van der Waals surface area (Å²) in [5, 5.41) is 0.400. The molecule has 1 aliphatic heterocycles. The summed E-state index contributed by atoms with van der Waals surface area (Å²) < 4.78 is 28.4. The lowest BCUT2D eigenvalue weighted by atomic mass is 10.1. The molecule has 0 aliphatic carbocycles. The lowest BCUT2D eigenvalue weighted by Crippen LogP contribution is -2.45. The molecule has 1 heterocycles. The van der Waals surface area contributed by atoms with Crippen LogP contribution in [0.25, 0.3) is 0 Å². The Morgan fingerprint density at radius 3 is 2.00 bits per heavy atom. The Morgan fingerprint density at radius 1 is 0.879 bits per heavy atom. The van der Waals surface area contributed by atoms with Crippen LogP contribution < -0.4 is 4.90 Å². The lowest BCUT2D eigenvalue weighted by molar-refractivity contribution is -0.122. The third-order valence-corrected chi connectivity index (χ3v) is 7.76. The number of anilines is 1. The van der Waals surface area contributed by atoms with E-state index in [2.05, 4.69) is 0 Å². The first kappa shape index (κ1) is 23.2. The van der Waals surface area contributed by atoms with E-state index in [4.69, 9.17) is 11.6 Å². The fourth-order valence-electron chi connectivity index (χ4n) is 3.78. The van der Waals surface area contributed by atoms with Gasteiger partial charge in [-0.2, -0.15) is 4.31 Å². The average Bonchev–Trinajstić information content (AvgIpc) is 3.07. The van der Waals surface area contributed by atoms with Crippen molar-refractivity contribution in [3.8, 4) is 0 Å². The van der Waals surface area contributed by atoms with Gasteiger partial charge in [0.15, 0.2) is 0 Å². The molecule has 3 aromatic carbocycles. The van der Waals surface area contributed by atoms with E-state index in [0.29, 0.717) is 16.3 Å². The summed E-state index contributed by atoms with van der Waals surface area (Å²) in [4.78, 5) is 27.3. The third kappa shape index (κ3) is 4.71. The van der Waals surface area contributed by atoms with E-state index in [0.717, 1.165) is 20.3 Å². The first-order valence-corrected chi connectivity index (χ1v) is 12.2. The summed E-state index contributed by atoms with van der Waals surface area (Å²) in [6.45, 7) is 3.80. The molecule has 1 atom stereocenters. The van der Waals surface area contributed by atoms with Gasteiger partial charge >= 0.3 is 0 Å². The van der Waals surface area contributed by atoms with Gasteiger partial charge in [-0.05, 0) is 55.8 Å². The van der Waals surface area contributed by atoms with Crippen LogP contribution in [0.15, 0.2) is 77.7 Å². The Bertz CT molecular complexity index is 1290. The number of carbonyl (C=O) groups excluding carboxylic acids is 2. The normalized spacial score (nSPS) is 16.6. The van der Waals surface area contributed by atoms with Gasteiger partial charge in [0.05, 0.1) is 17.0 Å².